The molecule has 1 unspecified atom stereocenters. The summed E-state index contributed by atoms with van der Waals surface area (Å²) in [5.74, 6) is 1.27. The number of fused-ring (bicyclic) bond motifs is 1. The third kappa shape index (κ3) is 3.03. The third-order valence-electron chi connectivity index (χ3n) is 5.41. The molecule has 1 aliphatic heterocycles. The van der Waals surface area contributed by atoms with Crippen molar-refractivity contribution in [3.63, 3.8) is 0 Å². The van der Waals surface area contributed by atoms with Crippen molar-refractivity contribution in [3.05, 3.63) is 83.2 Å². The molecule has 144 valence electrons. The molecule has 2 aromatic carbocycles. The van der Waals surface area contributed by atoms with E-state index in [-0.39, 0.29) is 11.9 Å². The largest absolute Gasteiger partial charge is 0.496 e. The maximum atomic E-state index is 13.6. The quantitative estimate of drug-likeness (QED) is 0.690. The van der Waals surface area contributed by atoms with E-state index in [1.807, 2.05) is 36.1 Å². The Bertz CT molecular complexity index is 969. The molecule has 5 heteroatoms. The number of carbonyl (C=O) groups excluding carboxylic acids is 1. The van der Waals surface area contributed by atoms with E-state index in [1.165, 1.54) is 0 Å². The number of hydrogen-bond donors (Lipinski definition) is 0. The Balaban J connectivity index is 1.78. The summed E-state index contributed by atoms with van der Waals surface area (Å²) in [4.78, 5) is 15.5. The minimum absolute atomic E-state index is 0.0297. The SMILES string of the molecule is COc1cc(C(=O)N2CCn3cccc3C2c2ccccc2)cc(OC)c1C. The Hall–Kier alpha value is -3.21. The van der Waals surface area contributed by atoms with Crippen LogP contribution in [0.4, 0.5) is 0 Å². The minimum Gasteiger partial charge on any atom is -0.496 e. The number of amides is 1. The van der Waals surface area contributed by atoms with Gasteiger partial charge >= 0.3 is 0 Å². The predicted octanol–water partition coefficient (Wildman–Crippen LogP) is 4.06. The Morgan fingerprint density at radius 3 is 2.29 bits per heavy atom. The van der Waals surface area contributed by atoms with E-state index in [2.05, 4.69) is 29.0 Å². The molecule has 0 saturated heterocycles. The van der Waals surface area contributed by atoms with Crippen LogP contribution >= 0.6 is 0 Å². The van der Waals surface area contributed by atoms with E-state index in [1.54, 1.807) is 26.4 Å². The van der Waals surface area contributed by atoms with Crippen LogP contribution in [0.2, 0.25) is 0 Å². The van der Waals surface area contributed by atoms with Crippen LogP contribution in [0.5, 0.6) is 11.5 Å². The van der Waals surface area contributed by atoms with Crippen LogP contribution in [-0.2, 0) is 6.54 Å². The molecule has 0 saturated carbocycles. The summed E-state index contributed by atoms with van der Waals surface area (Å²) in [6, 6.07) is 17.8. The predicted molar refractivity (Wildman–Crippen MR) is 108 cm³/mol. The van der Waals surface area contributed by atoms with Gasteiger partial charge in [-0.3, -0.25) is 4.79 Å². The van der Waals surface area contributed by atoms with Crippen LogP contribution in [0.25, 0.3) is 0 Å². The monoisotopic (exact) mass is 376 g/mol. The van der Waals surface area contributed by atoms with Gasteiger partial charge in [0.1, 0.15) is 11.5 Å². The van der Waals surface area contributed by atoms with Gasteiger partial charge in [0.2, 0.25) is 0 Å². The maximum absolute atomic E-state index is 13.6. The molecule has 2 heterocycles. The number of ether oxygens (including phenoxy) is 2. The molecule has 1 amide bonds. The van der Waals surface area contributed by atoms with Crippen LogP contribution in [0.1, 0.15) is 33.2 Å². The van der Waals surface area contributed by atoms with Gasteiger partial charge in [0.15, 0.2) is 0 Å². The van der Waals surface area contributed by atoms with E-state index < -0.39 is 0 Å². The topological polar surface area (TPSA) is 43.7 Å². The Kier molecular flexibility index (Phi) is 4.82. The lowest BCUT2D eigenvalue weighted by atomic mass is 9.98. The van der Waals surface area contributed by atoms with Crippen LogP contribution in [0.3, 0.4) is 0 Å². The molecule has 5 nitrogen and oxygen atoms in total. The van der Waals surface area contributed by atoms with Gasteiger partial charge in [-0.2, -0.15) is 0 Å². The zero-order valence-electron chi connectivity index (χ0n) is 16.4. The van der Waals surface area contributed by atoms with E-state index in [9.17, 15) is 4.79 Å². The molecule has 0 N–H and O–H groups in total. The van der Waals surface area contributed by atoms with E-state index >= 15 is 0 Å². The van der Waals surface area contributed by atoms with Crippen LogP contribution in [0.15, 0.2) is 60.8 Å². The fourth-order valence-electron chi connectivity index (χ4n) is 3.96. The molecule has 0 spiro atoms. The lowest BCUT2D eigenvalue weighted by Crippen LogP contribution is -2.42. The van der Waals surface area contributed by atoms with Crippen LogP contribution < -0.4 is 9.47 Å². The highest BCUT2D eigenvalue weighted by molar-refractivity contribution is 5.96. The highest BCUT2D eigenvalue weighted by atomic mass is 16.5. The van der Waals surface area contributed by atoms with Gasteiger partial charge in [0.25, 0.3) is 5.91 Å². The highest BCUT2D eigenvalue weighted by Gasteiger charge is 2.33. The lowest BCUT2D eigenvalue weighted by molar-refractivity contribution is 0.0663. The standard InChI is InChI=1S/C23H24N2O3/c1-16-20(27-2)14-18(15-21(16)28-3)23(26)25-13-12-24-11-7-10-19(24)22(25)17-8-5-4-6-9-17/h4-11,14-15,22H,12-13H2,1-3H3. The Labute approximate surface area is 165 Å². The van der Waals surface area contributed by atoms with Gasteiger partial charge in [-0.25, -0.2) is 0 Å². The Morgan fingerprint density at radius 1 is 0.964 bits per heavy atom. The highest BCUT2D eigenvalue weighted by Crippen LogP contribution is 2.35. The molecule has 3 aromatic rings. The molecular formula is C23H24N2O3. The number of hydrogen-bond acceptors (Lipinski definition) is 3. The second-order valence-electron chi connectivity index (χ2n) is 6.94. The smallest absolute Gasteiger partial charge is 0.255 e. The van der Waals surface area contributed by atoms with Gasteiger partial charge in [0, 0.05) is 36.1 Å². The maximum Gasteiger partial charge on any atom is 0.255 e. The number of methoxy groups -OCH3 is 2. The summed E-state index contributed by atoms with van der Waals surface area (Å²) in [7, 11) is 3.22. The molecule has 0 fully saturated rings. The van der Waals surface area contributed by atoms with E-state index in [0.29, 0.717) is 23.6 Å². The van der Waals surface area contributed by atoms with Gasteiger partial charge in [-0.05, 0) is 36.8 Å². The zero-order valence-corrected chi connectivity index (χ0v) is 16.4. The molecule has 4 rings (SSSR count). The number of nitrogens with zero attached hydrogens (tertiary/aromatic N) is 2. The first-order chi connectivity index (χ1) is 13.6. The van der Waals surface area contributed by atoms with Crippen molar-refractivity contribution in [2.75, 3.05) is 20.8 Å². The average Bonchev–Trinajstić information content (AvgIpc) is 3.22. The minimum atomic E-state index is -0.129. The summed E-state index contributed by atoms with van der Waals surface area (Å²) in [6.07, 6.45) is 2.07. The lowest BCUT2D eigenvalue weighted by Gasteiger charge is -2.37. The third-order valence-corrected chi connectivity index (χ3v) is 5.41. The van der Waals surface area contributed by atoms with Crippen molar-refractivity contribution < 1.29 is 14.3 Å². The summed E-state index contributed by atoms with van der Waals surface area (Å²) < 4.78 is 13.2. The first-order valence-electron chi connectivity index (χ1n) is 9.37. The second-order valence-corrected chi connectivity index (χ2v) is 6.94. The molecule has 1 aromatic heterocycles. The van der Waals surface area contributed by atoms with Crippen LogP contribution in [-0.4, -0.2) is 36.1 Å². The summed E-state index contributed by atoms with van der Waals surface area (Å²) in [6.45, 7) is 3.34. The molecule has 0 radical (unpaired) electrons. The van der Waals surface area contributed by atoms with Crippen molar-refractivity contribution in [1.29, 1.82) is 0 Å². The molecule has 1 atom stereocenters. The fourth-order valence-corrected chi connectivity index (χ4v) is 3.96. The summed E-state index contributed by atoms with van der Waals surface area (Å²) in [5.41, 5.74) is 3.67. The van der Waals surface area contributed by atoms with Crippen LogP contribution in [0, 0.1) is 6.92 Å². The Morgan fingerprint density at radius 2 is 1.64 bits per heavy atom. The summed E-state index contributed by atoms with van der Waals surface area (Å²) >= 11 is 0. The summed E-state index contributed by atoms with van der Waals surface area (Å²) in [5, 5.41) is 0. The second kappa shape index (κ2) is 7.43. The molecule has 1 aliphatic rings. The number of rotatable bonds is 4. The first kappa shape index (κ1) is 18.2. The van der Waals surface area contributed by atoms with Crippen molar-refractivity contribution in [2.45, 2.75) is 19.5 Å². The molecule has 28 heavy (non-hydrogen) atoms. The van der Waals surface area contributed by atoms with Gasteiger partial charge in [0.05, 0.1) is 20.3 Å². The zero-order chi connectivity index (χ0) is 19.7. The van der Waals surface area contributed by atoms with Gasteiger partial charge in [-0.15, -0.1) is 0 Å². The molecule has 0 aliphatic carbocycles. The van der Waals surface area contributed by atoms with Gasteiger partial charge in [-0.1, -0.05) is 30.3 Å². The van der Waals surface area contributed by atoms with E-state index in [4.69, 9.17) is 9.47 Å². The molecule has 0 bridgehead atoms. The fraction of sp³-hybridized carbons (Fsp3) is 0.261. The van der Waals surface area contributed by atoms with E-state index in [0.717, 1.165) is 23.4 Å². The van der Waals surface area contributed by atoms with Crippen molar-refractivity contribution in [1.82, 2.24) is 9.47 Å². The van der Waals surface area contributed by atoms with Gasteiger partial charge < -0.3 is 18.9 Å². The normalized spacial score (nSPS) is 15.8. The van der Waals surface area contributed by atoms with Crippen molar-refractivity contribution >= 4 is 5.91 Å². The van der Waals surface area contributed by atoms with Crippen molar-refractivity contribution in [3.8, 4) is 11.5 Å². The average molecular weight is 376 g/mol. The molecular weight excluding hydrogens is 352 g/mol. The van der Waals surface area contributed by atoms with Crippen molar-refractivity contribution in [2.24, 2.45) is 0 Å². The number of benzene rings is 2. The number of aromatic nitrogens is 1. The first-order valence-corrected chi connectivity index (χ1v) is 9.37. The number of carbonyl (C=O) groups is 1.